The van der Waals surface area contributed by atoms with Gasteiger partial charge in [0.2, 0.25) is 5.91 Å². The maximum atomic E-state index is 12.0. The molecule has 1 heterocycles. The van der Waals surface area contributed by atoms with Crippen LogP contribution >= 0.6 is 0 Å². The number of nitrogens with two attached hydrogens (primary N) is 1. The summed E-state index contributed by atoms with van der Waals surface area (Å²) < 4.78 is 0. The first-order valence-electron chi connectivity index (χ1n) is 6.14. The van der Waals surface area contributed by atoms with E-state index in [-0.39, 0.29) is 11.8 Å². The second-order valence-electron chi connectivity index (χ2n) is 5.15. The lowest BCUT2D eigenvalue weighted by atomic mass is 9.90. The minimum absolute atomic E-state index is 0.0345. The summed E-state index contributed by atoms with van der Waals surface area (Å²) in [7, 11) is 0. The molecule has 0 aromatic carbocycles. The van der Waals surface area contributed by atoms with Gasteiger partial charge in [-0.05, 0) is 25.8 Å². The summed E-state index contributed by atoms with van der Waals surface area (Å²) in [6.07, 6.45) is 1.85. The van der Waals surface area contributed by atoms with Gasteiger partial charge in [0.05, 0.1) is 5.41 Å². The van der Waals surface area contributed by atoms with Gasteiger partial charge in [0.15, 0.2) is 0 Å². The molecule has 5 nitrogen and oxygen atoms in total. The van der Waals surface area contributed by atoms with Crippen LogP contribution in [0.5, 0.6) is 0 Å². The fourth-order valence-electron chi connectivity index (χ4n) is 2.12. The fraction of sp³-hybridized carbons (Fsp3) is 0.833. The van der Waals surface area contributed by atoms with Crippen molar-refractivity contribution in [1.29, 1.82) is 0 Å². The average Bonchev–Trinajstić information content (AvgIpc) is 2.70. The first-order valence-corrected chi connectivity index (χ1v) is 6.14. The van der Waals surface area contributed by atoms with Gasteiger partial charge in [0.1, 0.15) is 0 Å². The van der Waals surface area contributed by atoms with Gasteiger partial charge in [-0.3, -0.25) is 9.59 Å². The van der Waals surface area contributed by atoms with Crippen LogP contribution in [0.15, 0.2) is 0 Å². The molecule has 0 bridgehead atoms. The van der Waals surface area contributed by atoms with Crippen molar-refractivity contribution in [2.45, 2.75) is 33.1 Å². The molecule has 1 aliphatic rings. The van der Waals surface area contributed by atoms with E-state index in [2.05, 4.69) is 0 Å². The molecular weight excluding hydrogens is 220 g/mol. The summed E-state index contributed by atoms with van der Waals surface area (Å²) >= 11 is 0. The molecular formula is C12H22N2O3. The number of likely N-dealkylation sites (tertiary alicyclic amines) is 1. The largest absolute Gasteiger partial charge is 0.481 e. The van der Waals surface area contributed by atoms with Crippen molar-refractivity contribution in [1.82, 2.24) is 4.90 Å². The Hall–Kier alpha value is -1.10. The van der Waals surface area contributed by atoms with Crippen molar-refractivity contribution in [2.75, 3.05) is 19.6 Å². The summed E-state index contributed by atoms with van der Waals surface area (Å²) in [4.78, 5) is 24.7. The zero-order valence-electron chi connectivity index (χ0n) is 10.6. The molecule has 0 radical (unpaired) electrons. The van der Waals surface area contributed by atoms with Gasteiger partial charge in [-0.2, -0.15) is 0 Å². The lowest BCUT2D eigenvalue weighted by Gasteiger charge is -2.22. The summed E-state index contributed by atoms with van der Waals surface area (Å²) in [5.41, 5.74) is 4.79. The Balaban J connectivity index is 2.54. The van der Waals surface area contributed by atoms with Gasteiger partial charge >= 0.3 is 5.97 Å². The van der Waals surface area contributed by atoms with E-state index in [0.717, 1.165) is 6.42 Å². The van der Waals surface area contributed by atoms with Crippen molar-refractivity contribution < 1.29 is 14.7 Å². The van der Waals surface area contributed by atoms with E-state index in [0.29, 0.717) is 32.5 Å². The van der Waals surface area contributed by atoms with E-state index in [1.165, 1.54) is 0 Å². The summed E-state index contributed by atoms with van der Waals surface area (Å²) in [6.45, 7) is 5.08. The molecule has 17 heavy (non-hydrogen) atoms. The Morgan fingerprint density at radius 1 is 1.53 bits per heavy atom. The highest BCUT2D eigenvalue weighted by Crippen LogP contribution is 2.30. The fourth-order valence-corrected chi connectivity index (χ4v) is 2.12. The first-order chi connectivity index (χ1) is 7.92. The quantitative estimate of drug-likeness (QED) is 0.742. The number of carboxylic acids is 1. The molecule has 2 atom stereocenters. The van der Waals surface area contributed by atoms with Gasteiger partial charge in [-0.25, -0.2) is 0 Å². The molecule has 0 aromatic heterocycles. The van der Waals surface area contributed by atoms with Crippen LogP contribution in [0, 0.1) is 11.3 Å². The molecule has 3 N–H and O–H groups in total. The van der Waals surface area contributed by atoms with E-state index in [4.69, 9.17) is 10.8 Å². The average molecular weight is 242 g/mol. The third kappa shape index (κ3) is 3.19. The van der Waals surface area contributed by atoms with E-state index >= 15 is 0 Å². The van der Waals surface area contributed by atoms with Crippen LogP contribution in [0.4, 0.5) is 0 Å². The number of carbonyl (C=O) groups is 2. The third-order valence-electron chi connectivity index (χ3n) is 3.72. The van der Waals surface area contributed by atoms with E-state index in [1.54, 1.807) is 11.8 Å². The van der Waals surface area contributed by atoms with E-state index < -0.39 is 11.4 Å². The van der Waals surface area contributed by atoms with E-state index in [1.807, 2.05) is 6.92 Å². The number of rotatable bonds is 5. The van der Waals surface area contributed by atoms with Gasteiger partial charge in [-0.1, -0.05) is 13.3 Å². The second-order valence-corrected chi connectivity index (χ2v) is 5.15. The standard InChI is InChI=1S/C12H22N2O3/c1-3-9(7-13)6-10(15)14-5-4-12(2,8-14)11(16)17/h9H,3-8,13H2,1-2H3,(H,16,17). The third-order valence-corrected chi connectivity index (χ3v) is 3.72. The van der Waals surface area contributed by atoms with Crippen molar-refractivity contribution in [2.24, 2.45) is 17.1 Å². The van der Waals surface area contributed by atoms with Gasteiger partial charge in [0, 0.05) is 19.5 Å². The molecule has 0 spiro atoms. The molecule has 1 rings (SSSR count). The molecule has 98 valence electrons. The molecule has 1 saturated heterocycles. The molecule has 1 fully saturated rings. The van der Waals surface area contributed by atoms with Gasteiger partial charge in [-0.15, -0.1) is 0 Å². The number of carbonyl (C=O) groups excluding carboxylic acids is 1. The summed E-state index contributed by atoms with van der Waals surface area (Å²) in [5, 5.41) is 9.09. The van der Waals surface area contributed by atoms with Gasteiger partial charge < -0.3 is 15.7 Å². The minimum Gasteiger partial charge on any atom is -0.481 e. The van der Waals surface area contributed by atoms with Crippen molar-refractivity contribution >= 4 is 11.9 Å². The van der Waals surface area contributed by atoms with Crippen LogP contribution in [0.2, 0.25) is 0 Å². The first kappa shape index (κ1) is 14.0. The smallest absolute Gasteiger partial charge is 0.311 e. The zero-order valence-corrected chi connectivity index (χ0v) is 10.6. The second kappa shape index (κ2) is 5.49. The molecule has 5 heteroatoms. The number of hydrogen-bond acceptors (Lipinski definition) is 3. The van der Waals surface area contributed by atoms with Crippen molar-refractivity contribution in [3.63, 3.8) is 0 Å². The maximum absolute atomic E-state index is 12.0. The molecule has 0 aliphatic carbocycles. The predicted octanol–water partition coefficient (Wildman–Crippen LogP) is 0.685. The molecule has 1 amide bonds. The summed E-state index contributed by atoms with van der Waals surface area (Å²) in [5.74, 6) is -0.579. The molecule has 2 unspecified atom stereocenters. The van der Waals surface area contributed by atoms with Crippen LogP contribution in [0.1, 0.15) is 33.1 Å². The van der Waals surface area contributed by atoms with Crippen LogP contribution < -0.4 is 5.73 Å². The Kier molecular flexibility index (Phi) is 4.51. The molecule has 0 saturated carbocycles. The Morgan fingerprint density at radius 2 is 2.18 bits per heavy atom. The highest BCUT2D eigenvalue weighted by Gasteiger charge is 2.42. The molecule has 1 aliphatic heterocycles. The lowest BCUT2D eigenvalue weighted by molar-refractivity contribution is -0.147. The number of amides is 1. The zero-order chi connectivity index (χ0) is 13.1. The normalized spacial score (nSPS) is 25.9. The summed E-state index contributed by atoms with van der Waals surface area (Å²) in [6, 6.07) is 0. The Bertz CT molecular complexity index is 302. The predicted molar refractivity (Wildman–Crippen MR) is 64.4 cm³/mol. The monoisotopic (exact) mass is 242 g/mol. The van der Waals surface area contributed by atoms with Crippen LogP contribution in [0.25, 0.3) is 0 Å². The number of aliphatic carboxylic acids is 1. The van der Waals surface area contributed by atoms with Crippen LogP contribution in [0.3, 0.4) is 0 Å². The SMILES string of the molecule is CCC(CN)CC(=O)N1CCC(C)(C(=O)O)C1. The highest BCUT2D eigenvalue weighted by atomic mass is 16.4. The topological polar surface area (TPSA) is 83.6 Å². The van der Waals surface area contributed by atoms with Crippen LogP contribution in [-0.2, 0) is 9.59 Å². The Morgan fingerprint density at radius 3 is 2.59 bits per heavy atom. The minimum atomic E-state index is -0.821. The number of hydrogen-bond donors (Lipinski definition) is 2. The van der Waals surface area contributed by atoms with E-state index in [9.17, 15) is 9.59 Å². The maximum Gasteiger partial charge on any atom is 0.311 e. The van der Waals surface area contributed by atoms with Crippen molar-refractivity contribution in [3.05, 3.63) is 0 Å². The number of carboxylic acid groups (broad SMARTS) is 1. The number of nitrogens with zero attached hydrogens (tertiary/aromatic N) is 1. The molecule has 0 aromatic rings. The highest BCUT2D eigenvalue weighted by molar-refractivity contribution is 5.80. The van der Waals surface area contributed by atoms with Crippen LogP contribution in [-0.4, -0.2) is 41.5 Å². The Labute approximate surface area is 102 Å². The van der Waals surface area contributed by atoms with Gasteiger partial charge in [0.25, 0.3) is 0 Å². The lowest BCUT2D eigenvalue weighted by Crippen LogP contribution is -2.36. The van der Waals surface area contributed by atoms with Crippen molar-refractivity contribution in [3.8, 4) is 0 Å².